The number of thiazole rings is 1. The summed E-state index contributed by atoms with van der Waals surface area (Å²) in [5.41, 5.74) is 2.64. The molecule has 1 fully saturated rings. The Hall–Kier alpha value is -3.14. The van der Waals surface area contributed by atoms with E-state index < -0.39 is 0 Å². The Labute approximate surface area is 165 Å². The van der Waals surface area contributed by atoms with Crippen LogP contribution in [0.25, 0.3) is 10.6 Å². The van der Waals surface area contributed by atoms with E-state index in [0.29, 0.717) is 31.9 Å². The van der Waals surface area contributed by atoms with E-state index in [9.17, 15) is 9.59 Å². The molecule has 0 aliphatic carbocycles. The van der Waals surface area contributed by atoms with Crippen molar-refractivity contribution in [2.45, 2.75) is 13.5 Å². The molecular formula is C18H19N7O2S. The first-order valence-electron chi connectivity index (χ1n) is 8.90. The second-order valence-electron chi connectivity index (χ2n) is 6.58. The number of hydrogen-bond donors (Lipinski definition) is 0. The van der Waals surface area contributed by atoms with Crippen LogP contribution in [0.1, 0.15) is 16.1 Å². The minimum absolute atomic E-state index is 0.0604. The third-order valence-electron chi connectivity index (χ3n) is 4.63. The third-order valence-corrected chi connectivity index (χ3v) is 5.52. The smallest absolute Gasteiger partial charge is 0.273 e. The Morgan fingerprint density at radius 2 is 1.79 bits per heavy atom. The highest BCUT2D eigenvalue weighted by Gasteiger charge is 2.26. The molecule has 1 aliphatic rings. The number of aromatic nitrogens is 5. The Morgan fingerprint density at radius 1 is 1.07 bits per heavy atom. The van der Waals surface area contributed by atoms with Gasteiger partial charge in [-0.25, -0.2) is 9.67 Å². The lowest BCUT2D eigenvalue weighted by atomic mass is 10.2. The highest BCUT2D eigenvalue weighted by molar-refractivity contribution is 7.13. The van der Waals surface area contributed by atoms with E-state index in [2.05, 4.69) is 20.5 Å². The summed E-state index contributed by atoms with van der Waals surface area (Å²) in [5.74, 6) is -0.156. The van der Waals surface area contributed by atoms with Gasteiger partial charge in [0.25, 0.3) is 5.91 Å². The third kappa shape index (κ3) is 3.91. The Bertz CT molecular complexity index is 960. The van der Waals surface area contributed by atoms with E-state index >= 15 is 0 Å². The summed E-state index contributed by atoms with van der Waals surface area (Å²) in [6, 6.07) is 8.09. The van der Waals surface area contributed by atoms with Crippen LogP contribution < -0.4 is 0 Å². The van der Waals surface area contributed by atoms with Gasteiger partial charge in [0.15, 0.2) is 0 Å². The number of carbonyl (C=O) groups is 2. The molecule has 0 N–H and O–H groups in total. The number of nitrogens with zero attached hydrogens (tertiary/aromatic N) is 7. The van der Waals surface area contributed by atoms with Crippen LogP contribution in [0, 0.1) is 6.92 Å². The Kier molecular flexibility index (Phi) is 5.11. The lowest BCUT2D eigenvalue weighted by molar-refractivity contribution is -0.133. The van der Waals surface area contributed by atoms with E-state index in [0.717, 1.165) is 10.6 Å². The maximum absolute atomic E-state index is 12.8. The molecule has 144 valence electrons. The minimum Gasteiger partial charge on any atom is -0.338 e. The molecule has 1 aromatic carbocycles. The van der Waals surface area contributed by atoms with Crippen LogP contribution in [0.2, 0.25) is 0 Å². The van der Waals surface area contributed by atoms with Gasteiger partial charge in [0.2, 0.25) is 5.91 Å². The summed E-state index contributed by atoms with van der Waals surface area (Å²) in [7, 11) is 0. The van der Waals surface area contributed by atoms with Crippen molar-refractivity contribution >= 4 is 23.2 Å². The molecule has 0 atom stereocenters. The van der Waals surface area contributed by atoms with Crippen LogP contribution in [0.15, 0.2) is 36.0 Å². The summed E-state index contributed by atoms with van der Waals surface area (Å²) in [5, 5.41) is 13.4. The molecule has 9 nitrogen and oxygen atoms in total. The molecule has 0 radical (unpaired) electrons. The first-order valence-corrected chi connectivity index (χ1v) is 9.78. The first-order chi connectivity index (χ1) is 13.6. The lowest BCUT2D eigenvalue weighted by Crippen LogP contribution is -2.51. The predicted octanol–water partition coefficient (Wildman–Crippen LogP) is 1.09. The van der Waals surface area contributed by atoms with Crippen LogP contribution >= 0.6 is 11.3 Å². The molecule has 3 aromatic rings. The number of carbonyl (C=O) groups excluding carboxylic acids is 2. The number of benzene rings is 1. The molecule has 3 heterocycles. The lowest BCUT2D eigenvalue weighted by Gasteiger charge is -2.34. The van der Waals surface area contributed by atoms with E-state index in [4.69, 9.17) is 0 Å². The topological polar surface area (TPSA) is 97.1 Å². The largest absolute Gasteiger partial charge is 0.338 e. The van der Waals surface area contributed by atoms with Gasteiger partial charge in [-0.2, -0.15) is 0 Å². The molecule has 1 aliphatic heterocycles. The molecule has 0 saturated carbocycles. The summed E-state index contributed by atoms with van der Waals surface area (Å²) in [6.07, 6.45) is 1.41. The molecule has 0 spiro atoms. The van der Waals surface area contributed by atoms with Crippen molar-refractivity contribution in [2.24, 2.45) is 0 Å². The number of aryl methyl sites for hydroxylation is 1. The van der Waals surface area contributed by atoms with Crippen LogP contribution in [0.3, 0.4) is 0 Å². The molecule has 2 amide bonds. The normalized spacial score (nSPS) is 14.3. The van der Waals surface area contributed by atoms with Crippen molar-refractivity contribution in [1.82, 2.24) is 35.0 Å². The Morgan fingerprint density at radius 3 is 2.46 bits per heavy atom. The van der Waals surface area contributed by atoms with E-state index in [1.807, 2.05) is 31.2 Å². The summed E-state index contributed by atoms with van der Waals surface area (Å²) >= 11 is 1.46. The minimum atomic E-state index is -0.0952. The molecule has 0 unspecified atom stereocenters. The molecule has 28 heavy (non-hydrogen) atoms. The van der Waals surface area contributed by atoms with Gasteiger partial charge in [-0.1, -0.05) is 29.8 Å². The molecular weight excluding hydrogens is 378 g/mol. The zero-order chi connectivity index (χ0) is 19.5. The van der Waals surface area contributed by atoms with Crippen LogP contribution in [-0.4, -0.2) is 73.0 Å². The average Bonchev–Trinajstić information content (AvgIpc) is 3.40. The predicted molar refractivity (Wildman–Crippen MR) is 103 cm³/mol. The SMILES string of the molecule is Cc1ccc(-c2nc(C(=O)N3CCN(C(=O)Cn4cnnn4)CC3)cs2)cc1. The van der Waals surface area contributed by atoms with Gasteiger partial charge in [0, 0.05) is 37.1 Å². The van der Waals surface area contributed by atoms with Gasteiger partial charge in [0.1, 0.15) is 23.6 Å². The highest BCUT2D eigenvalue weighted by Crippen LogP contribution is 2.24. The van der Waals surface area contributed by atoms with Gasteiger partial charge in [0.05, 0.1) is 0 Å². The number of rotatable bonds is 4. The van der Waals surface area contributed by atoms with Gasteiger partial charge < -0.3 is 9.80 Å². The monoisotopic (exact) mass is 397 g/mol. The maximum atomic E-state index is 12.8. The summed E-state index contributed by atoms with van der Waals surface area (Å²) in [4.78, 5) is 33.0. The summed E-state index contributed by atoms with van der Waals surface area (Å²) in [6.45, 7) is 4.08. The zero-order valence-corrected chi connectivity index (χ0v) is 16.2. The number of amides is 2. The van der Waals surface area contributed by atoms with Crippen molar-refractivity contribution < 1.29 is 9.59 Å². The van der Waals surface area contributed by atoms with Crippen molar-refractivity contribution in [3.63, 3.8) is 0 Å². The average molecular weight is 397 g/mol. The van der Waals surface area contributed by atoms with Gasteiger partial charge in [-0.05, 0) is 17.4 Å². The number of tetrazole rings is 1. The van der Waals surface area contributed by atoms with E-state index in [1.54, 1.807) is 15.2 Å². The molecule has 1 saturated heterocycles. The second kappa shape index (κ2) is 7.85. The van der Waals surface area contributed by atoms with Crippen LogP contribution in [-0.2, 0) is 11.3 Å². The fourth-order valence-corrected chi connectivity index (χ4v) is 3.81. The van der Waals surface area contributed by atoms with Crippen LogP contribution in [0.4, 0.5) is 0 Å². The highest BCUT2D eigenvalue weighted by atomic mass is 32.1. The molecule has 2 aromatic heterocycles. The maximum Gasteiger partial charge on any atom is 0.273 e. The fraction of sp³-hybridized carbons (Fsp3) is 0.333. The van der Waals surface area contributed by atoms with Crippen molar-refractivity contribution in [3.05, 3.63) is 47.2 Å². The Balaban J connectivity index is 1.35. The molecule has 0 bridgehead atoms. The van der Waals surface area contributed by atoms with Crippen LogP contribution in [0.5, 0.6) is 0 Å². The number of piperazine rings is 1. The van der Waals surface area contributed by atoms with Crippen molar-refractivity contribution in [1.29, 1.82) is 0 Å². The fourth-order valence-electron chi connectivity index (χ4n) is 3.01. The standard InChI is InChI=1S/C18H19N7O2S/c1-13-2-4-14(5-3-13)17-20-15(11-28-17)18(27)24-8-6-23(7-9-24)16(26)10-25-12-19-21-22-25/h2-5,11-12H,6-10H2,1H3. The van der Waals surface area contributed by atoms with E-state index in [1.165, 1.54) is 27.9 Å². The first kappa shape index (κ1) is 18.2. The molecule has 10 heteroatoms. The van der Waals surface area contributed by atoms with Gasteiger partial charge in [-0.15, -0.1) is 16.4 Å². The molecule has 4 rings (SSSR count). The zero-order valence-electron chi connectivity index (χ0n) is 15.4. The van der Waals surface area contributed by atoms with Crippen molar-refractivity contribution in [2.75, 3.05) is 26.2 Å². The van der Waals surface area contributed by atoms with E-state index in [-0.39, 0.29) is 18.4 Å². The quantitative estimate of drug-likeness (QED) is 0.654. The van der Waals surface area contributed by atoms with Gasteiger partial charge >= 0.3 is 0 Å². The summed E-state index contributed by atoms with van der Waals surface area (Å²) < 4.78 is 1.39. The van der Waals surface area contributed by atoms with Crippen molar-refractivity contribution in [3.8, 4) is 10.6 Å². The van der Waals surface area contributed by atoms with Gasteiger partial charge in [-0.3, -0.25) is 9.59 Å². The second-order valence-corrected chi connectivity index (χ2v) is 7.44. The number of hydrogen-bond acceptors (Lipinski definition) is 7.